The predicted molar refractivity (Wildman–Crippen MR) is 114 cm³/mol. The maximum Gasteiger partial charge on any atom is 0.337 e. The summed E-state index contributed by atoms with van der Waals surface area (Å²) in [6.45, 7) is 0.537. The quantitative estimate of drug-likeness (QED) is 0.389. The Balaban J connectivity index is 1.69. The largest absolute Gasteiger partial charge is 0.465 e. The van der Waals surface area contributed by atoms with E-state index in [-0.39, 0.29) is 23.5 Å². The van der Waals surface area contributed by atoms with Crippen LogP contribution in [0.1, 0.15) is 34.3 Å². The van der Waals surface area contributed by atoms with E-state index in [1.807, 2.05) is 53.2 Å². The predicted octanol–water partition coefficient (Wildman–Crippen LogP) is 3.66. The first kappa shape index (κ1) is 19.5. The minimum Gasteiger partial charge on any atom is -0.465 e. The topological polar surface area (TPSA) is 84.1 Å². The summed E-state index contributed by atoms with van der Waals surface area (Å²) >= 11 is 0. The molecule has 2 aromatic carbocycles. The second-order valence-corrected chi connectivity index (χ2v) is 7.34. The van der Waals surface area contributed by atoms with Crippen molar-refractivity contribution in [3.63, 3.8) is 0 Å². The van der Waals surface area contributed by atoms with Gasteiger partial charge in [0.25, 0.3) is 5.91 Å². The van der Waals surface area contributed by atoms with E-state index in [1.165, 1.54) is 7.11 Å². The number of aromatic nitrogens is 1. The van der Waals surface area contributed by atoms with E-state index in [9.17, 15) is 14.9 Å². The lowest BCUT2D eigenvalue weighted by Crippen LogP contribution is -2.26. The molecule has 150 valence electrons. The first-order valence-electron chi connectivity index (χ1n) is 9.77. The molecule has 6 heteroatoms. The van der Waals surface area contributed by atoms with Crippen molar-refractivity contribution in [3.8, 4) is 6.07 Å². The number of hydrogen-bond donors (Lipinski definition) is 1. The molecule has 3 aromatic rings. The van der Waals surface area contributed by atoms with Crippen molar-refractivity contribution in [2.24, 2.45) is 0 Å². The number of esters is 1. The van der Waals surface area contributed by atoms with Gasteiger partial charge in [-0.2, -0.15) is 5.26 Å². The number of rotatable bonds is 6. The number of methoxy groups -OCH3 is 1. The number of hydrogen-bond acceptors (Lipinski definition) is 4. The summed E-state index contributed by atoms with van der Waals surface area (Å²) in [5.74, 6) is -0.708. The molecule has 1 N–H and O–H groups in total. The van der Waals surface area contributed by atoms with Crippen molar-refractivity contribution in [1.82, 2.24) is 9.88 Å². The second kappa shape index (κ2) is 8.26. The lowest BCUT2D eigenvalue weighted by atomic mass is 10.1. The first-order chi connectivity index (χ1) is 14.6. The Morgan fingerprint density at radius 1 is 1.23 bits per heavy atom. The lowest BCUT2D eigenvalue weighted by molar-refractivity contribution is -0.117. The van der Waals surface area contributed by atoms with Crippen LogP contribution in [0.5, 0.6) is 0 Å². The molecule has 0 saturated heterocycles. The van der Waals surface area contributed by atoms with E-state index in [0.29, 0.717) is 12.1 Å². The fraction of sp³-hybridized carbons (Fsp3) is 0.208. The third-order valence-corrected chi connectivity index (χ3v) is 5.10. The molecule has 1 fully saturated rings. The number of ether oxygens (including phenoxy) is 1. The Morgan fingerprint density at radius 3 is 2.77 bits per heavy atom. The highest BCUT2D eigenvalue weighted by molar-refractivity contribution is 6.04. The summed E-state index contributed by atoms with van der Waals surface area (Å²) in [6, 6.07) is 17.3. The maximum atomic E-state index is 12.3. The normalized spacial score (nSPS) is 13.7. The molecule has 4 rings (SSSR count). The van der Waals surface area contributed by atoms with Crippen molar-refractivity contribution in [1.29, 1.82) is 5.26 Å². The fourth-order valence-electron chi connectivity index (χ4n) is 3.43. The number of nitriles is 1. The van der Waals surface area contributed by atoms with Gasteiger partial charge in [0.05, 0.1) is 12.7 Å². The SMILES string of the molecule is COC(=O)c1cccc(Cn2cc(/C=C(\C#N)C(=O)NC3CC3)c3ccccc32)c1. The Labute approximate surface area is 174 Å². The van der Waals surface area contributed by atoms with Gasteiger partial charge in [0, 0.05) is 35.2 Å². The smallest absolute Gasteiger partial charge is 0.337 e. The van der Waals surface area contributed by atoms with Crippen LogP contribution in [-0.2, 0) is 16.1 Å². The van der Waals surface area contributed by atoms with Gasteiger partial charge in [0.15, 0.2) is 0 Å². The van der Waals surface area contributed by atoms with E-state index in [4.69, 9.17) is 4.74 Å². The zero-order valence-corrected chi connectivity index (χ0v) is 16.6. The molecular formula is C24H21N3O3. The maximum absolute atomic E-state index is 12.3. The number of para-hydroxylation sites is 1. The van der Waals surface area contributed by atoms with Crippen LogP contribution in [0, 0.1) is 11.3 Å². The molecule has 0 unspecified atom stereocenters. The Bertz CT molecular complexity index is 1200. The zero-order chi connectivity index (χ0) is 21.1. The summed E-state index contributed by atoms with van der Waals surface area (Å²) in [4.78, 5) is 24.2. The number of nitrogens with zero attached hydrogens (tertiary/aromatic N) is 2. The van der Waals surface area contributed by atoms with Crippen LogP contribution in [0.15, 0.2) is 60.3 Å². The third-order valence-electron chi connectivity index (χ3n) is 5.10. The van der Waals surface area contributed by atoms with Gasteiger partial charge in [-0.1, -0.05) is 30.3 Å². The average Bonchev–Trinajstić information content (AvgIpc) is 3.52. The first-order valence-corrected chi connectivity index (χ1v) is 9.77. The number of benzene rings is 2. The van der Waals surface area contributed by atoms with E-state index >= 15 is 0 Å². The van der Waals surface area contributed by atoms with Gasteiger partial charge in [-0.05, 0) is 42.7 Å². The van der Waals surface area contributed by atoms with Gasteiger partial charge in [0.1, 0.15) is 11.6 Å². The molecular weight excluding hydrogens is 378 g/mol. The second-order valence-electron chi connectivity index (χ2n) is 7.34. The van der Waals surface area contributed by atoms with Gasteiger partial charge >= 0.3 is 5.97 Å². The number of nitrogens with one attached hydrogen (secondary N) is 1. The van der Waals surface area contributed by atoms with Crippen LogP contribution >= 0.6 is 0 Å². The summed E-state index contributed by atoms with van der Waals surface area (Å²) in [5.41, 5.74) is 3.32. The van der Waals surface area contributed by atoms with E-state index < -0.39 is 0 Å². The monoisotopic (exact) mass is 399 g/mol. The van der Waals surface area contributed by atoms with E-state index in [2.05, 4.69) is 5.32 Å². The van der Waals surface area contributed by atoms with Crippen molar-refractivity contribution in [3.05, 3.63) is 77.0 Å². The average molecular weight is 399 g/mol. The van der Waals surface area contributed by atoms with Crippen molar-refractivity contribution in [2.45, 2.75) is 25.4 Å². The molecule has 30 heavy (non-hydrogen) atoms. The number of carbonyl (C=O) groups excluding carboxylic acids is 2. The number of carbonyl (C=O) groups is 2. The van der Waals surface area contributed by atoms with Gasteiger partial charge in [-0.3, -0.25) is 4.79 Å². The standard InChI is InChI=1S/C24H21N3O3/c1-30-24(29)17-6-4-5-16(11-17)14-27-15-19(21-7-2-3-8-22(21)27)12-18(13-25)23(28)26-20-9-10-20/h2-8,11-12,15,20H,9-10,14H2,1H3,(H,26,28)/b18-12+. The van der Waals surface area contributed by atoms with Crippen LogP contribution in [0.25, 0.3) is 17.0 Å². The molecule has 0 spiro atoms. The van der Waals surface area contributed by atoms with Crippen molar-refractivity contribution in [2.75, 3.05) is 7.11 Å². The Kier molecular flexibility index (Phi) is 5.36. The van der Waals surface area contributed by atoms with Gasteiger partial charge in [-0.25, -0.2) is 4.79 Å². The number of fused-ring (bicyclic) bond motifs is 1. The van der Waals surface area contributed by atoms with Crippen LogP contribution in [0.3, 0.4) is 0 Å². The molecule has 1 aromatic heterocycles. The molecule has 1 amide bonds. The van der Waals surface area contributed by atoms with Crippen LogP contribution in [0.4, 0.5) is 0 Å². The van der Waals surface area contributed by atoms with Gasteiger partial charge < -0.3 is 14.6 Å². The van der Waals surface area contributed by atoms with Crippen LogP contribution < -0.4 is 5.32 Å². The molecule has 0 aliphatic heterocycles. The highest BCUT2D eigenvalue weighted by Gasteiger charge is 2.25. The Hall–Kier alpha value is -3.85. The van der Waals surface area contributed by atoms with Gasteiger partial charge in [0.2, 0.25) is 0 Å². The molecule has 1 aliphatic rings. The van der Waals surface area contributed by atoms with E-state index in [0.717, 1.165) is 34.9 Å². The third kappa shape index (κ3) is 4.11. The van der Waals surface area contributed by atoms with Crippen LogP contribution in [-0.4, -0.2) is 29.6 Å². The molecule has 1 aliphatic carbocycles. The minimum atomic E-state index is -0.377. The zero-order valence-electron chi connectivity index (χ0n) is 16.6. The molecule has 1 saturated carbocycles. The molecule has 0 radical (unpaired) electrons. The molecule has 6 nitrogen and oxygen atoms in total. The minimum absolute atomic E-state index is 0.0949. The molecule has 0 bridgehead atoms. The van der Waals surface area contributed by atoms with E-state index in [1.54, 1.807) is 18.2 Å². The molecule has 0 atom stereocenters. The lowest BCUT2D eigenvalue weighted by Gasteiger charge is -2.07. The fourth-order valence-corrected chi connectivity index (χ4v) is 3.43. The molecule has 1 heterocycles. The summed E-state index contributed by atoms with van der Waals surface area (Å²) in [5, 5.41) is 13.3. The van der Waals surface area contributed by atoms with Crippen molar-refractivity contribution < 1.29 is 14.3 Å². The highest BCUT2D eigenvalue weighted by Crippen LogP contribution is 2.25. The number of amides is 1. The Morgan fingerprint density at radius 2 is 2.03 bits per heavy atom. The van der Waals surface area contributed by atoms with Gasteiger partial charge in [-0.15, -0.1) is 0 Å². The summed E-state index contributed by atoms with van der Waals surface area (Å²) < 4.78 is 6.85. The van der Waals surface area contributed by atoms with Crippen molar-refractivity contribution >= 4 is 28.9 Å². The highest BCUT2D eigenvalue weighted by atomic mass is 16.5. The summed E-state index contributed by atoms with van der Waals surface area (Å²) in [6.07, 6.45) is 5.50. The van der Waals surface area contributed by atoms with Crippen LogP contribution in [0.2, 0.25) is 0 Å². The summed E-state index contributed by atoms with van der Waals surface area (Å²) in [7, 11) is 1.36.